The smallest absolute Gasteiger partial charge is 0.322 e. The largest absolute Gasteiger partial charge is 0.339 e. The second kappa shape index (κ2) is 7.14. The van der Waals surface area contributed by atoms with E-state index in [0.717, 1.165) is 17.7 Å². The van der Waals surface area contributed by atoms with Crippen LogP contribution in [0.25, 0.3) is 0 Å². The summed E-state index contributed by atoms with van der Waals surface area (Å²) in [5.74, 6) is -0.682. The molecular formula is C19H16F2N4O2. The lowest BCUT2D eigenvalue weighted by atomic mass is 10.0. The highest BCUT2D eigenvalue weighted by atomic mass is 19.1. The maximum absolute atomic E-state index is 13.6. The van der Waals surface area contributed by atoms with Crippen molar-refractivity contribution in [2.24, 2.45) is 0 Å². The normalized spacial score (nSPS) is 14.1. The summed E-state index contributed by atoms with van der Waals surface area (Å²) >= 11 is 0. The summed E-state index contributed by atoms with van der Waals surface area (Å²) < 4.78 is 32.5. The highest BCUT2D eigenvalue weighted by molar-refractivity contribution is 5.90. The predicted octanol–water partition coefficient (Wildman–Crippen LogP) is 3.57. The van der Waals surface area contributed by atoms with Crippen molar-refractivity contribution in [1.82, 2.24) is 15.0 Å². The van der Waals surface area contributed by atoms with Gasteiger partial charge in [-0.15, -0.1) is 0 Å². The van der Waals surface area contributed by atoms with Crippen LogP contribution in [0.5, 0.6) is 0 Å². The zero-order valence-electron chi connectivity index (χ0n) is 14.2. The van der Waals surface area contributed by atoms with Gasteiger partial charge in [0.1, 0.15) is 17.3 Å². The van der Waals surface area contributed by atoms with Crippen molar-refractivity contribution in [2.75, 3.05) is 18.4 Å². The van der Waals surface area contributed by atoms with Crippen LogP contribution < -0.4 is 5.32 Å². The lowest BCUT2D eigenvalue weighted by Crippen LogP contribution is -2.50. The number of likely N-dealkylation sites (tertiary alicyclic amines) is 1. The number of hydrogen-bond acceptors (Lipinski definition) is 4. The fourth-order valence-corrected chi connectivity index (χ4v) is 2.89. The molecule has 4 rings (SSSR count). The molecule has 2 amide bonds. The number of halogens is 2. The van der Waals surface area contributed by atoms with Gasteiger partial charge in [-0.3, -0.25) is 0 Å². The van der Waals surface area contributed by atoms with E-state index in [0.29, 0.717) is 31.2 Å². The maximum Gasteiger partial charge on any atom is 0.322 e. The van der Waals surface area contributed by atoms with Gasteiger partial charge in [0.05, 0.1) is 5.92 Å². The van der Waals surface area contributed by atoms with Crippen LogP contribution in [0.15, 0.2) is 53.1 Å². The highest BCUT2D eigenvalue weighted by Gasteiger charge is 2.36. The maximum atomic E-state index is 13.6. The van der Waals surface area contributed by atoms with Gasteiger partial charge in [0, 0.05) is 19.5 Å². The summed E-state index contributed by atoms with van der Waals surface area (Å²) in [6.45, 7) is 0.684. The molecule has 1 aromatic heterocycles. The molecule has 3 aromatic rings. The standard InChI is InChI=1S/C19H16F2N4O2/c20-14-7-4-8-15(21)17(14)23-19(26)25-10-13(11-25)18-22-16(24-27-18)9-12-5-2-1-3-6-12/h1-8,13H,9-11H2,(H,23,26). The molecule has 2 heterocycles. The molecule has 8 heteroatoms. The molecule has 0 spiro atoms. The first-order valence-electron chi connectivity index (χ1n) is 8.46. The van der Waals surface area contributed by atoms with E-state index in [-0.39, 0.29) is 5.92 Å². The molecular weight excluding hydrogens is 354 g/mol. The predicted molar refractivity (Wildman–Crippen MR) is 93.2 cm³/mol. The first-order chi connectivity index (χ1) is 13.1. The SMILES string of the molecule is O=C(Nc1c(F)cccc1F)N1CC(c2nc(Cc3ccccc3)no2)C1. The summed E-state index contributed by atoms with van der Waals surface area (Å²) in [6, 6.07) is 12.6. The number of nitrogens with zero attached hydrogens (tertiary/aromatic N) is 3. The van der Waals surface area contributed by atoms with Crippen molar-refractivity contribution in [2.45, 2.75) is 12.3 Å². The molecule has 0 saturated carbocycles. The van der Waals surface area contributed by atoms with Gasteiger partial charge in [0.15, 0.2) is 5.82 Å². The molecule has 0 radical (unpaired) electrons. The van der Waals surface area contributed by atoms with E-state index < -0.39 is 23.4 Å². The van der Waals surface area contributed by atoms with E-state index in [9.17, 15) is 13.6 Å². The number of rotatable bonds is 4. The monoisotopic (exact) mass is 370 g/mol. The average molecular weight is 370 g/mol. The summed E-state index contributed by atoms with van der Waals surface area (Å²) in [6.07, 6.45) is 0.563. The molecule has 0 atom stereocenters. The summed E-state index contributed by atoms with van der Waals surface area (Å²) in [4.78, 5) is 17.9. The van der Waals surface area contributed by atoms with Crippen LogP contribution in [-0.2, 0) is 6.42 Å². The quantitative estimate of drug-likeness (QED) is 0.762. The summed E-state index contributed by atoms with van der Waals surface area (Å²) in [5, 5.41) is 6.23. The summed E-state index contributed by atoms with van der Waals surface area (Å²) in [5.41, 5.74) is 0.625. The number of nitrogens with one attached hydrogen (secondary N) is 1. The van der Waals surface area contributed by atoms with Crippen molar-refractivity contribution in [3.05, 3.63) is 77.4 Å². The first kappa shape index (κ1) is 17.1. The second-order valence-corrected chi connectivity index (χ2v) is 6.34. The molecule has 0 aliphatic carbocycles. The van der Waals surface area contributed by atoms with Crippen molar-refractivity contribution < 1.29 is 18.1 Å². The Balaban J connectivity index is 1.34. The molecule has 1 N–H and O–H groups in total. The van der Waals surface area contributed by atoms with Crippen molar-refractivity contribution >= 4 is 11.7 Å². The Labute approximate surface area is 153 Å². The molecule has 27 heavy (non-hydrogen) atoms. The van der Waals surface area contributed by atoms with Gasteiger partial charge in [-0.25, -0.2) is 13.6 Å². The topological polar surface area (TPSA) is 71.3 Å². The van der Waals surface area contributed by atoms with E-state index in [1.165, 1.54) is 11.0 Å². The van der Waals surface area contributed by atoms with Gasteiger partial charge in [-0.05, 0) is 17.7 Å². The third-order valence-corrected chi connectivity index (χ3v) is 4.40. The minimum absolute atomic E-state index is 0.0850. The van der Waals surface area contributed by atoms with Gasteiger partial charge < -0.3 is 14.7 Å². The fraction of sp³-hybridized carbons (Fsp3) is 0.211. The van der Waals surface area contributed by atoms with Crippen LogP contribution in [0.1, 0.15) is 23.2 Å². The number of carbonyl (C=O) groups excluding carboxylic acids is 1. The van der Waals surface area contributed by atoms with Crippen LogP contribution in [0.3, 0.4) is 0 Å². The Bertz CT molecular complexity index is 935. The molecule has 1 aliphatic rings. The van der Waals surface area contributed by atoms with Crippen molar-refractivity contribution in [3.8, 4) is 0 Å². The minimum atomic E-state index is -0.817. The highest BCUT2D eigenvalue weighted by Crippen LogP contribution is 2.27. The lowest BCUT2D eigenvalue weighted by Gasteiger charge is -2.36. The molecule has 1 aliphatic heterocycles. The average Bonchev–Trinajstić information content (AvgIpc) is 3.06. The van der Waals surface area contributed by atoms with Crippen molar-refractivity contribution in [1.29, 1.82) is 0 Å². The number of carbonyl (C=O) groups is 1. The van der Waals surface area contributed by atoms with Gasteiger partial charge in [0.2, 0.25) is 5.89 Å². The lowest BCUT2D eigenvalue weighted by molar-refractivity contribution is 0.147. The fourth-order valence-electron chi connectivity index (χ4n) is 2.89. The molecule has 1 fully saturated rings. The van der Waals surface area contributed by atoms with Gasteiger partial charge in [-0.2, -0.15) is 4.98 Å². The Morgan fingerprint density at radius 2 is 1.81 bits per heavy atom. The number of amides is 2. The van der Waals surface area contributed by atoms with Gasteiger partial charge in [-0.1, -0.05) is 41.6 Å². The number of anilines is 1. The molecule has 6 nitrogen and oxygen atoms in total. The number of para-hydroxylation sites is 1. The first-order valence-corrected chi connectivity index (χ1v) is 8.46. The Morgan fingerprint density at radius 3 is 2.52 bits per heavy atom. The van der Waals surface area contributed by atoms with Crippen LogP contribution in [0.4, 0.5) is 19.3 Å². The zero-order chi connectivity index (χ0) is 18.8. The second-order valence-electron chi connectivity index (χ2n) is 6.34. The Morgan fingerprint density at radius 1 is 1.11 bits per heavy atom. The van der Waals surface area contributed by atoms with Crippen LogP contribution in [-0.4, -0.2) is 34.2 Å². The minimum Gasteiger partial charge on any atom is -0.339 e. The van der Waals surface area contributed by atoms with E-state index in [2.05, 4.69) is 15.5 Å². The third-order valence-electron chi connectivity index (χ3n) is 4.40. The zero-order valence-corrected chi connectivity index (χ0v) is 14.2. The number of benzene rings is 2. The number of aromatic nitrogens is 2. The molecule has 138 valence electrons. The van der Waals surface area contributed by atoms with Crippen LogP contribution in [0, 0.1) is 11.6 Å². The molecule has 0 bridgehead atoms. The van der Waals surface area contributed by atoms with E-state index in [1.54, 1.807) is 0 Å². The van der Waals surface area contributed by atoms with Crippen LogP contribution >= 0.6 is 0 Å². The number of urea groups is 1. The molecule has 0 unspecified atom stereocenters. The van der Waals surface area contributed by atoms with E-state index in [4.69, 9.17) is 4.52 Å². The van der Waals surface area contributed by atoms with Gasteiger partial charge >= 0.3 is 6.03 Å². The Hall–Kier alpha value is -3.29. The van der Waals surface area contributed by atoms with E-state index >= 15 is 0 Å². The number of hydrogen-bond donors (Lipinski definition) is 1. The molecule has 1 saturated heterocycles. The third kappa shape index (κ3) is 3.64. The van der Waals surface area contributed by atoms with Crippen molar-refractivity contribution in [3.63, 3.8) is 0 Å². The van der Waals surface area contributed by atoms with Crippen LogP contribution in [0.2, 0.25) is 0 Å². The molecule has 2 aromatic carbocycles. The van der Waals surface area contributed by atoms with E-state index in [1.807, 2.05) is 30.3 Å². The summed E-state index contributed by atoms with van der Waals surface area (Å²) in [7, 11) is 0. The van der Waals surface area contributed by atoms with Gasteiger partial charge in [0.25, 0.3) is 0 Å². The Kier molecular flexibility index (Phi) is 4.53.